The molecule has 2 aromatic rings. The van der Waals surface area contributed by atoms with Crippen LogP contribution < -0.4 is 10.3 Å². The maximum absolute atomic E-state index is 12.5. The van der Waals surface area contributed by atoms with E-state index in [1.54, 1.807) is 11.6 Å². The molecule has 126 valence electrons. The second-order valence-corrected chi connectivity index (χ2v) is 8.99. The Kier molecular flexibility index (Phi) is 4.89. The lowest BCUT2D eigenvalue weighted by molar-refractivity contribution is 0.531. The van der Waals surface area contributed by atoms with Crippen molar-refractivity contribution < 1.29 is 4.55 Å². The fraction of sp³-hybridized carbons (Fsp3) is 0.529. The van der Waals surface area contributed by atoms with Gasteiger partial charge in [0.15, 0.2) is 0 Å². The van der Waals surface area contributed by atoms with Crippen molar-refractivity contribution in [1.82, 2.24) is 14.3 Å². The van der Waals surface area contributed by atoms with Crippen LogP contribution in [0.15, 0.2) is 16.9 Å². The molecule has 0 aliphatic rings. The molecule has 0 fully saturated rings. The lowest BCUT2D eigenvalue weighted by atomic mass is 10.0. The molecule has 2 atom stereocenters. The monoisotopic (exact) mass is 335 g/mol. The van der Waals surface area contributed by atoms with Gasteiger partial charge in [-0.05, 0) is 53.2 Å². The number of hydrogen-bond acceptors (Lipinski definition) is 4. The molecule has 5 nitrogen and oxygen atoms in total. The molecule has 6 heteroatoms. The third-order valence-corrected chi connectivity index (χ3v) is 5.56. The Morgan fingerprint density at radius 3 is 2.48 bits per heavy atom. The number of nitrogens with one attached hydrogen (secondary N) is 1. The van der Waals surface area contributed by atoms with Gasteiger partial charge in [0.25, 0.3) is 5.56 Å². The molecule has 1 heterocycles. The van der Waals surface area contributed by atoms with Gasteiger partial charge >= 0.3 is 0 Å². The normalized spacial score (nSPS) is 15.0. The Morgan fingerprint density at radius 1 is 1.30 bits per heavy atom. The number of rotatable bonds is 3. The van der Waals surface area contributed by atoms with Gasteiger partial charge in [0, 0.05) is 24.0 Å². The highest BCUT2D eigenvalue weighted by atomic mass is 32.2. The van der Waals surface area contributed by atoms with Gasteiger partial charge in [0.1, 0.15) is 10.6 Å². The Bertz CT molecular complexity index is 793. The van der Waals surface area contributed by atoms with Crippen molar-refractivity contribution >= 4 is 22.3 Å². The second-order valence-electron chi connectivity index (χ2n) is 6.99. The molecule has 2 rings (SSSR count). The topological polar surface area (TPSA) is 70.0 Å². The molecule has 0 amide bonds. The molecule has 0 radical (unpaired) electrons. The van der Waals surface area contributed by atoms with Crippen molar-refractivity contribution in [2.45, 2.75) is 52.3 Å². The number of nitrogens with zero attached hydrogens (tertiary/aromatic N) is 2. The lowest BCUT2D eigenvalue weighted by Crippen LogP contribution is -2.40. The fourth-order valence-corrected chi connectivity index (χ4v) is 3.19. The molecule has 0 spiro atoms. The zero-order valence-corrected chi connectivity index (χ0v) is 15.7. The molecule has 1 aromatic heterocycles. The van der Waals surface area contributed by atoms with Crippen LogP contribution >= 0.6 is 0 Å². The van der Waals surface area contributed by atoms with Crippen LogP contribution in [0.4, 0.5) is 0 Å². The molecule has 0 aliphatic carbocycles. The maximum Gasteiger partial charge on any atom is 0.261 e. The minimum Gasteiger partial charge on any atom is -0.598 e. The maximum atomic E-state index is 12.5. The van der Waals surface area contributed by atoms with Crippen LogP contribution in [0.1, 0.15) is 50.7 Å². The van der Waals surface area contributed by atoms with Gasteiger partial charge in [0.2, 0.25) is 0 Å². The number of hydrogen-bond donors (Lipinski definition) is 1. The number of benzene rings is 1. The van der Waals surface area contributed by atoms with Crippen molar-refractivity contribution in [2.24, 2.45) is 7.05 Å². The first-order chi connectivity index (χ1) is 10.5. The van der Waals surface area contributed by atoms with Crippen LogP contribution in [0.2, 0.25) is 0 Å². The fourth-order valence-electron chi connectivity index (χ4n) is 2.39. The summed E-state index contributed by atoms with van der Waals surface area (Å²) >= 11 is -1.19. The number of aryl methyl sites for hydroxylation is 2. The Labute approximate surface area is 140 Å². The van der Waals surface area contributed by atoms with Gasteiger partial charge in [-0.1, -0.05) is 6.07 Å². The molecule has 1 N–H and O–H groups in total. The van der Waals surface area contributed by atoms with E-state index in [4.69, 9.17) is 0 Å². The van der Waals surface area contributed by atoms with Crippen LogP contribution in [-0.4, -0.2) is 18.9 Å². The number of fused-ring (bicyclic) bond motifs is 1. The Morgan fingerprint density at radius 2 is 1.91 bits per heavy atom. The summed E-state index contributed by atoms with van der Waals surface area (Å²) in [5.41, 5.74) is 2.52. The molecule has 0 saturated heterocycles. The first-order valence-electron chi connectivity index (χ1n) is 7.68. The summed E-state index contributed by atoms with van der Waals surface area (Å²) in [6.45, 7) is 11.5. The molecule has 0 unspecified atom stereocenters. The van der Waals surface area contributed by atoms with Gasteiger partial charge in [-0.15, -0.1) is 4.72 Å². The largest absolute Gasteiger partial charge is 0.598 e. The summed E-state index contributed by atoms with van der Waals surface area (Å²) in [5.74, 6) is 0.664. The van der Waals surface area contributed by atoms with Crippen molar-refractivity contribution in [2.75, 3.05) is 0 Å². The summed E-state index contributed by atoms with van der Waals surface area (Å²) in [6.07, 6.45) is 0. The van der Waals surface area contributed by atoms with Gasteiger partial charge < -0.3 is 4.55 Å². The Hall–Kier alpha value is -1.37. The van der Waals surface area contributed by atoms with Crippen LogP contribution in [0.25, 0.3) is 10.9 Å². The summed E-state index contributed by atoms with van der Waals surface area (Å²) in [4.78, 5) is 17.1. The van der Waals surface area contributed by atoms with E-state index in [-0.39, 0.29) is 16.3 Å². The first-order valence-corrected chi connectivity index (χ1v) is 8.83. The van der Waals surface area contributed by atoms with Crippen LogP contribution in [-0.2, 0) is 18.4 Å². The summed E-state index contributed by atoms with van der Waals surface area (Å²) in [7, 11) is 1.72. The molecule has 0 saturated carbocycles. The highest BCUT2D eigenvalue weighted by molar-refractivity contribution is 7.90. The van der Waals surface area contributed by atoms with E-state index in [2.05, 4.69) is 9.71 Å². The SMILES string of the molecule is Cc1cc([C@@H](C)N[S@+]([O-])C(C)(C)C)c2nc(C)n(C)c(=O)c2c1. The molecule has 23 heavy (non-hydrogen) atoms. The van der Waals surface area contributed by atoms with Crippen molar-refractivity contribution in [3.8, 4) is 0 Å². The van der Waals surface area contributed by atoms with E-state index in [0.29, 0.717) is 16.7 Å². The van der Waals surface area contributed by atoms with Gasteiger partial charge in [0.05, 0.1) is 16.9 Å². The minimum atomic E-state index is -1.19. The van der Waals surface area contributed by atoms with E-state index >= 15 is 0 Å². The van der Waals surface area contributed by atoms with Crippen molar-refractivity contribution in [1.29, 1.82) is 0 Å². The average Bonchev–Trinajstić information content (AvgIpc) is 2.44. The van der Waals surface area contributed by atoms with E-state index in [9.17, 15) is 9.35 Å². The van der Waals surface area contributed by atoms with E-state index in [0.717, 1.165) is 11.1 Å². The third kappa shape index (κ3) is 3.59. The first kappa shape index (κ1) is 18.0. The smallest absolute Gasteiger partial charge is 0.261 e. The third-order valence-electron chi connectivity index (χ3n) is 3.88. The van der Waals surface area contributed by atoms with E-state index in [1.807, 2.05) is 53.7 Å². The predicted octanol–water partition coefficient (Wildman–Crippen LogP) is 2.66. The Balaban J connectivity index is 2.59. The van der Waals surface area contributed by atoms with Gasteiger partial charge in [-0.2, -0.15) is 0 Å². The molecule has 1 aromatic carbocycles. The van der Waals surface area contributed by atoms with Crippen LogP contribution in [0, 0.1) is 13.8 Å². The molecular formula is C17H25N3O2S. The summed E-state index contributed by atoms with van der Waals surface area (Å²) < 4.78 is 16.7. The van der Waals surface area contributed by atoms with Gasteiger partial charge in [-0.3, -0.25) is 9.36 Å². The molecule has 0 aliphatic heterocycles. The highest BCUT2D eigenvalue weighted by Crippen LogP contribution is 2.25. The standard InChI is InChI=1S/C17H25N3O2S/c1-10-8-13(11(2)19-23(22)17(4,5)6)15-14(9-10)16(21)20(7)12(3)18-15/h8-9,11,19H,1-7H3/t11-,23-/m1/s1. The molecule has 0 bridgehead atoms. The second kappa shape index (κ2) is 6.26. The zero-order chi connectivity index (χ0) is 17.5. The average molecular weight is 335 g/mol. The van der Waals surface area contributed by atoms with Gasteiger partial charge in [-0.25, -0.2) is 4.98 Å². The lowest BCUT2D eigenvalue weighted by Gasteiger charge is -2.27. The van der Waals surface area contributed by atoms with E-state index < -0.39 is 11.4 Å². The highest BCUT2D eigenvalue weighted by Gasteiger charge is 2.29. The summed E-state index contributed by atoms with van der Waals surface area (Å²) in [5, 5.41) is 0.600. The van der Waals surface area contributed by atoms with E-state index in [1.165, 1.54) is 0 Å². The predicted molar refractivity (Wildman–Crippen MR) is 95.9 cm³/mol. The van der Waals surface area contributed by atoms with Crippen LogP contribution in [0.3, 0.4) is 0 Å². The quantitative estimate of drug-likeness (QED) is 0.876. The summed E-state index contributed by atoms with van der Waals surface area (Å²) in [6, 6.07) is 3.70. The number of aromatic nitrogens is 2. The zero-order valence-electron chi connectivity index (χ0n) is 14.9. The van der Waals surface area contributed by atoms with Crippen LogP contribution in [0.5, 0.6) is 0 Å². The minimum absolute atomic E-state index is 0.0541. The molecular weight excluding hydrogens is 310 g/mol. The van der Waals surface area contributed by atoms with Crippen molar-refractivity contribution in [3.63, 3.8) is 0 Å². The van der Waals surface area contributed by atoms with Crippen molar-refractivity contribution in [3.05, 3.63) is 39.4 Å².